The number of phenols is 1. The topological polar surface area (TPSA) is 40.5 Å². The van der Waals surface area contributed by atoms with Gasteiger partial charge < -0.3 is 10.2 Å². The Hall–Kier alpha value is -0.250. The molecule has 0 heterocycles. The summed E-state index contributed by atoms with van der Waals surface area (Å²) in [5.41, 5.74) is 0.755. The fraction of sp³-hybridized carbons (Fsp3) is 0.400. The summed E-state index contributed by atoms with van der Waals surface area (Å²) in [5, 5.41) is 19.3. The molecule has 1 aromatic rings. The highest BCUT2D eigenvalue weighted by atomic mass is 79.9. The van der Waals surface area contributed by atoms with E-state index in [1.54, 1.807) is 19.1 Å². The first-order chi connectivity index (χ1) is 6.50. The van der Waals surface area contributed by atoms with Crippen molar-refractivity contribution in [3.63, 3.8) is 0 Å². The highest BCUT2D eigenvalue weighted by Crippen LogP contribution is 2.32. The van der Waals surface area contributed by atoms with Crippen LogP contribution in [0.25, 0.3) is 0 Å². The SMILES string of the molecule is CC(O)CCc1cc(Cl)cc(Br)c1O. The molecule has 1 unspecified atom stereocenters. The van der Waals surface area contributed by atoms with Crippen LogP contribution in [0.15, 0.2) is 16.6 Å². The number of aliphatic hydroxyl groups excluding tert-OH is 1. The smallest absolute Gasteiger partial charge is 0.133 e. The second-order valence-electron chi connectivity index (χ2n) is 3.28. The molecule has 0 radical (unpaired) electrons. The minimum absolute atomic E-state index is 0.204. The summed E-state index contributed by atoms with van der Waals surface area (Å²) in [4.78, 5) is 0. The highest BCUT2D eigenvalue weighted by molar-refractivity contribution is 9.10. The van der Waals surface area contributed by atoms with Crippen molar-refractivity contribution in [1.82, 2.24) is 0 Å². The predicted molar refractivity (Wildman–Crippen MR) is 60.8 cm³/mol. The van der Waals surface area contributed by atoms with E-state index in [0.29, 0.717) is 22.3 Å². The zero-order chi connectivity index (χ0) is 10.7. The summed E-state index contributed by atoms with van der Waals surface area (Å²) in [6, 6.07) is 3.35. The maximum absolute atomic E-state index is 9.65. The monoisotopic (exact) mass is 278 g/mol. The standard InChI is InChI=1S/C10H12BrClO2/c1-6(13)2-3-7-4-8(12)5-9(11)10(7)14/h4-6,13-14H,2-3H2,1H3. The molecule has 14 heavy (non-hydrogen) atoms. The first-order valence-electron chi connectivity index (χ1n) is 4.35. The molecule has 1 atom stereocenters. The Labute approximate surface area is 96.7 Å². The maximum atomic E-state index is 9.65. The normalized spacial score (nSPS) is 12.9. The Balaban J connectivity index is 2.85. The summed E-state index contributed by atoms with van der Waals surface area (Å²) in [6.07, 6.45) is 0.857. The first kappa shape index (κ1) is 11.8. The number of phenolic OH excluding ortho intramolecular Hbond substituents is 1. The van der Waals surface area contributed by atoms with Crippen molar-refractivity contribution >= 4 is 27.5 Å². The predicted octanol–water partition coefficient (Wildman–Crippen LogP) is 3.12. The van der Waals surface area contributed by atoms with Gasteiger partial charge in [0.05, 0.1) is 10.6 Å². The van der Waals surface area contributed by atoms with Crippen LogP contribution in [0, 0.1) is 0 Å². The molecule has 2 nitrogen and oxygen atoms in total. The maximum Gasteiger partial charge on any atom is 0.133 e. The van der Waals surface area contributed by atoms with Gasteiger partial charge in [0, 0.05) is 5.02 Å². The molecule has 0 aliphatic rings. The second kappa shape index (κ2) is 5.01. The zero-order valence-electron chi connectivity index (χ0n) is 7.80. The largest absolute Gasteiger partial charge is 0.506 e. The molecule has 78 valence electrons. The van der Waals surface area contributed by atoms with Crippen LogP contribution < -0.4 is 0 Å². The van der Waals surface area contributed by atoms with E-state index in [1.807, 2.05) is 0 Å². The fourth-order valence-electron chi connectivity index (χ4n) is 1.17. The molecular weight excluding hydrogens is 267 g/mol. The average molecular weight is 280 g/mol. The number of halogens is 2. The number of hydrogen-bond acceptors (Lipinski definition) is 2. The van der Waals surface area contributed by atoms with E-state index in [2.05, 4.69) is 15.9 Å². The second-order valence-corrected chi connectivity index (χ2v) is 4.57. The lowest BCUT2D eigenvalue weighted by atomic mass is 10.1. The number of hydrogen-bond donors (Lipinski definition) is 2. The Morgan fingerprint density at radius 3 is 2.71 bits per heavy atom. The van der Waals surface area contributed by atoms with Crippen LogP contribution in [0.2, 0.25) is 5.02 Å². The van der Waals surface area contributed by atoms with E-state index < -0.39 is 0 Å². The van der Waals surface area contributed by atoms with E-state index in [4.69, 9.17) is 16.7 Å². The van der Waals surface area contributed by atoms with Crippen LogP contribution >= 0.6 is 27.5 Å². The van der Waals surface area contributed by atoms with Gasteiger partial charge in [0.25, 0.3) is 0 Å². The lowest BCUT2D eigenvalue weighted by Crippen LogP contribution is -2.01. The summed E-state index contributed by atoms with van der Waals surface area (Å²) in [6.45, 7) is 1.72. The third-order valence-electron chi connectivity index (χ3n) is 1.94. The molecule has 1 rings (SSSR count). The molecule has 0 amide bonds. The van der Waals surface area contributed by atoms with Crippen molar-refractivity contribution in [3.8, 4) is 5.75 Å². The number of benzene rings is 1. The minimum atomic E-state index is -0.368. The third kappa shape index (κ3) is 3.15. The minimum Gasteiger partial charge on any atom is -0.506 e. The average Bonchev–Trinajstić information content (AvgIpc) is 2.08. The number of rotatable bonds is 3. The summed E-state index contributed by atoms with van der Waals surface area (Å²) >= 11 is 9.04. The van der Waals surface area contributed by atoms with Crippen LogP contribution in [-0.2, 0) is 6.42 Å². The van der Waals surface area contributed by atoms with Crippen molar-refractivity contribution in [2.24, 2.45) is 0 Å². The van der Waals surface area contributed by atoms with Crippen LogP contribution in [0.1, 0.15) is 18.9 Å². The van der Waals surface area contributed by atoms with E-state index in [1.165, 1.54) is 0 Å². The van der Waals surface area contributed by atoms with E-state index in [-0.39, 0.29) is 11.9 Å². The fourth-order valence-corrected chi connectivity index (χ4v) is 2.05. The van der Waals surface area contributed by atoms with Crippen molar-refractivity contribution in [2.45, 2.75) is 25.9 Å². The van der Waals surface area contributed by atoms with Crippen LogP contribution in [0.3, 0.4) is 0 Å². The molecule has 0 bridgehead atoms. The summed E-state index contributed by atoms with van der Waals surface area (Å²) < 4.78 is 0.589. The van der Waals surface area contributed by atoms with Gasteiger partial charge in [-0.15, -0.1) is 0 Å². The van der Waals surface area contributed by atoms with Crippen molar-refractivity contribution < 1.29 is 10.2 Å². The van der Waals surface area contributed by atoms with Gasteiger partial charge in [0.1, 0.15) is 5.75 Å². The van der Waals surface area contributed by atoms with Crippen LogP contribution in [0.4, 0.5) is 0 Å². The van der Waals surface area contributed by atoms with Crippen LogP contribution in [-0.4, -0.2) is 16.3 Å². The number of aliphatic hydroxyl groups is 1. The van der Waals surface area contributed by atoms with Gasteiger partial charge in [-0.05, 0) is 53.4 Å². The van der Waals surface area contributed by atoms with E-state index >= 15 is 0 Å². The van der Waals surface area contributed by atoms with Gasteiger partial charge in [0.15, 0.2) is 0 Å². The summed E-state index contributed by atoms with van der Waals surface area (Å²) in [5.74, 6) is 0.204. The Bertz CT molecular complexity index is 326. The molecule has 0 fully saturated rings. The molecule has 0 aliphatic heterocycles. The van der Waals surface area contributed by atoms with Gasteiger partial charge in [0.2, 0.25) is 0 Å². The summed E-state index contributed by atoms with van der Waals surface area (Å²) in [7, 11) is 0. The molecule has 0 saturated heterocycles. The highest BCUT2D eigenvalue weighted by Gasteiger charge is 2.08. The lowest BCUT2D eigenvalue weighted by Gasteiger charge is -2.08. The molecule has 0 aromatic heterocycles. The Morgan fingerprint density at radius 1 is 1.50 bits per heavy atom. The molecule has 0 saturated carbocycles. The molecule has 0 aliphatic carbocycles. The van der Waals surface area contributed by atoms with E-state index in [9.17, 15) is 5.11 Å². The van der Waals surface area contributed by atoms with Crippen LogP contribution in [0.5, 0.6) is 5.75 Å². The zero-order valence-corrected chi connectivity index (χ0v) is 10.1. The quantitative estimate of drug-likeness (QED) is 0.892. The van der Waals surface area contributed by atoms with Gasteiger partial charge >= 0.3 is 0 Å². The molecule has 4 heteroatoms. The number of aryl methyl sites for hydroxylation is 1. The van der Waals surface area contributed by atoms with Gasteiger partial charge in [-0.3, -0.25) is 0 Å². The molecule has 1 aromatic carbocycles. The van der Waals surface area contributed by atoms with Gasteiger partial charge in [-0.25, -0.2) is 0 Å². The Kier molecular flexibility index (Phi) is 4.23. The van der Waals surface area contributed by atoms with Gasteiger partial charge in [-0.1, -0.05) is 11.6 Å². The van der Waals surface area contributed by atoms with Crippen molar-refractivity contribution in [3.05, 3.63) is 27.2 Å². The van der Waals surface area contributed by atoms with Crippen molar-refractivity contribution in [2.75, 3.05) is 0 Å². The molecular formula is C10H12BrClO2. The number of aromatic hydroxyl groups is 1. The molecule has 0 spiro atoms. The van der Waals surface area contributed by atoms with E-state index in [0.717, 1.165) is 5.56 Å². The first-order valence-corrected chi connectivity index (χ1v) is 5.52. The van der Waals surface area contributed by atoms with Gasteiger partial charge in [-0.2, -0.15) is 0 Å². The third-order valence-corrected chi connectivity index (χ3v) is 2.76. The Morgan fingerprint density at radius 2 is 2.14 bits per heavy atom. The van der Waals surface area contributed by atoms with Crippen molar-refractivity contribution in [1.29, 1.82) is 0 Å². The molecule has 2 N–H and O–H groups in total. The lowest BCUT2D eigenvalue weighted by molar-refractivity contribution is 0.184.